The highest BCUT2D eigenvalue weighted by Gasteiger charge is 2.10. The molecular formula is C3H3BrN4O2. The SMILES string of the molecule is Nc1nonc1/C(Br)=N\O. The third-order valence-electron chi connectivity index (χ3n) is 0.797. The van der Waals surface area contributed by atoms with E-state index in [0.717, 1.165) is 0 Å². The molecule has 54 valence electrons. The molecule has 1 aromatic rings. The number of aromatic nitrogens is 2. The minimum Gasteiger partial charge on any atom is -0.410 e. The van der Waals surface area contributed by atoms with Crippen LogP contribution in [0.1, 0.15) is 5.69 Å². The highest BCUT2D eigenvalue weighted by atomic mass is 79.9. The molecule has 3 N–H and O–H groups in total. The number of oxime groups is 1. The Kier molecular flexibility index (Phi) is 1.86. The van der Waals surface area contributed by atoms with Gasteiger partial charge in [-0.15, -0.1) is 0 Å². The van der Waals surface area contributed by atoms with Crippen LogP contribution in [0.15, 0.2) is 9.78 Å². The largest absolute Gasteiger partial charge is 0.410 e. The van der Waals surface area contributed by atoms with E-state index in [1.165, 1.54) is 0 Å². The number of anilines is 1. The number of halogens is 1. The molecule has 0 aliphatic rings. The lowest BCUT2D eigenvalue weighted by atomic mass is 10.5. The summed E-state index contributed by atoms with van der Waals surface area (Å²) in [6.07, 6.45) is 0. The third kappa shape index (κ3) is 1.08. The van der Waals surface area contributed by atoms with E-state index in [1.807, 2.05) is 0 Å². The van der Waals surface area contributed by atoms with Gasteiger partial charge in [-0.1, -0.05) is 5.16 Å². The van der Waals surface area contributed by atoms with Crippen LogP contribution in [-0.4, -0.2) is 20.1 Å². The lowest BCUT2D eigenvalue weighted by Gasteiger charge is -1.85. The Bertz CT molecular complexity index is 257. The summed E-state index contributed by atoms with van der Waals surface area (Å²) in [5.74, 6) is 0.0738. The smallest absolute Gasteiger partial charge is 0.198 e. The van der Waals surface area contributed by atoms with Gasteiger partial charge in [-0.3, -0.25) is 0 Å². The summed E-state index contributed by atoms with van der Waals surface area (Å²) in [5.41, 5.74) is 5.41. The van der Waals surface area contributed by atoms with Gasteiger partial charge in [0.2, 0.25) is 0 Å². The van der Waals surface area contributed by atoms with E-state index in [4.69, 9.17) is 10.9 Å². The molecule has 0 spiro atoms. The minimum absolute atomic E-state index is 0.0738. The molecule has 0 amide bonds. The predicted molar refractivity (Wildman–Crippen MR) is 36.0 cm³/mol. The van der Waals surface area contributed by atoms with Crippen molar-refractivity contribution < 1.29 is 9.84 Å². The van der Waals surface area contributed by atoms with Gasteiger partial charge in [-0.25, -0.2) is 4.63 Å². The van der Waals surface area contributed by atoms with Gasteiger partial charge in [0.25, 0.3) is 0 Å². The number of nitrogen functional groups attached to an aromatic ring is 1. The summed E-state index contributed by atoms with van der Waals surface area (Å²) in [6.45, 7) is 0. The first-order valence-corrected chi connectivity index (χ1v) is 3.01. The van der Waals surface area contributed by atoms with Crippen molar-refractivity contribution in [3.8, 4) is 0 Å². The molecule has 0 radical (unpaired) electrons. The van der Waals surface area contributed by atoms with Crippen LogP contribution in [0, 0.1) is 0 Å². The molecule has 10 heavy (non-hydrogen) atoms. The number of hydrogen-bond donors (Lipinski definition) is 2. The maximum atomic E-state index is 8.21. The first-order valence-electron chi connectivity index (χ1n) is 2.21. The minimum atomic E-state index is 0.0738. The fourth-order valence-corrected chi connectivity index (χ4v) is 0.661. The number of rotatable bonds is 1. The molecule has 0 saturated carbocycles. The van der Waals surface area contributed by atoms with Gasteiger partial charge in [0.1, 0.15) is 0 Å². The molecule has 0 bridgehead atoms. The first kappa shape index (κ1) is 7.00. The Balaban J connectivity index is 3.05. The molecule has 6 nitrogen and oxygen atoms in total. The van der Waals surface area contributed by atoms with Crippen molar-refractivity contribution in [2.75, 3.05) is 5.73 Å². The van der Waals surface area contributed by atoms with E-state index in [2.05, 4.69) is 36.0 Å². The summed E-state index contributed by atoms with van der Waals surface area (Å²) < 4.78 is 4.31. The van der Waals surface area contributed by atoms with Crippen molar-refractivity contribution in [2.24, 2.45) is 5.16 Å². The predicted octanol–water partition coefficient (Wildman–Crippen LogP) is 0.182. The highest BCUT2D eigenvalue weighted by Crippen LogP contribution is 2.09. The average Bonchev–Trinajstić information content (AvgIpc) is 2.34. The quantitative estimate of drug-likeness (QED) is 0.389. The monoisotopic (exact) mass is 206 g/mol. The molecule has 0 atom stereocenters. The van der Waals surface area contributed by atoms with Gasteiger partial charge >= 0.3 is 0 Å². The molecule has 1 aromatic heterocycles. The van der Waals surface area contributed by atoms with E-state index < -0.39 is 0 Å². The molecule has 0 aliphatic heterocycles. The number of nitrogens with two attached hydrogens (primary N) is 1. The van der Waals surface area contributed by atoms with Crippen LogP contribution in [0.5, 0.6) is 0 Å². The van der Waals surface area contributed by atoms with Gasteiger partial charge in [0.15, 0.2) is 16.1 Å². The Labute approximate surface area is 63.8 Å². The first-order chi connectivity index (χ1) is 4.75. The molecule has 0 saturated heterocycles. The van der Waals surface area contributed by atoms with Crippen molar-refractivity contribution >= 4 is 26.4 Å². The molecule has 0 aromatic carbocycles. The zero-order chi connectivity index (χ0) is 7.56. The zero-order valence-electron chi connectivity index (χ0n) is 4.65. The van der Waals surface area contributed by atoms with Gasteiger partial charge in [0.05, 0.1) is 0 Å². The molecular weight excluding hydrogens is 204 g/mol. The van der Waals surface area contributed by atoms with Gasteiger partial charge < -0.3 is 10.9 Å². The Morgan fingerprint density at radius 3 is 2.80 bits per heavy atom. The fraction of sp³-hybridized carbons (Fsp3) is 0. The van der Waals surface area contributed by atoms with Crippen LogP contribution >= 0.6 is 15.9 Å². The fourth-order valence-electron chi connectivity index (χ4n) is 0.386. The maximum absolute atomic E-state index is 8.21. The maximum Gasteiger partial charge on any atom is 0.198 e. The second-order valence-corrected chi connectivity index (χ2v) is 2.14. The molecule has 0 unspecified atom stereocenters. The standard InChI is InChI=1S/C3H3BrN4O2/c4-2(6-9)1-3(5)8-10-7-1/h9H,(H2,5,8)/b6-2+. The lowest BCUT2D eigenvalue weighted by molar-refractivity contribution is 0.306. The van der Waals surface area contributed by atoms with Crippen molar-refractivity contribution in [3.63, 3.8) is 0 Å². The number of nitrogens with zero attached hydrogens (tertiary/aromatic N) is 3. The molecule has 0 aliphatic carbocycles. The van der Waals surface area contributed by atoms with E-state index >= 15 is 0 Å². The van der Waals surface area contributed by atoms with Crippen LogP contribution in [0.25, 0.3) is 0 Å². The van der Waals surface area contributed by atoms with Crippen molar-refractivity contribution in [1.82, 2.24) is 10.3 Å². The molecule has 0 fully saturated rings. The summed E-state index contributed by atoms with van der Waals surface area (Å²) in [7, 11) is 0. The number of hydrogen-bond acceptors (Lipinski definition) is 6. The van der Waals surface area contributed by atoms with Crippen molar-refractivity contribution in [2.45, 2.75) is 0 Å². The van der Waals surface area contributed by atoms with Crippen LogP contribution in [0.3, 0.4) is 0 Å². The van der Waals surface area contributed by atoms with Gasteiger partial charge in [0, 0.05) is 0 Å². The van der Waals surface area contributed by atoms with E-state index in [-0.39, 0.29) is 16.1 Å². The van der Waals surface area contributed by atoms with Crippen LogP contribution in [0.2, 0.25) is 0 Å². The summed E-state index contributed by atoms with van der Waals surface area (Å²) >= 11 is 2.87. The topological polar surface area (TPSA) is 97.5 Å². The Hall–Kier alpha value is -1.11. The van der Waals surface area contributed by atoms with Crippen LogP contribution < -0.4 is 5.73 Å². The second-order valence-electron chi connectivity index (χ2n) is 1.39. The lowest BCUT2D eigenvalue weighted by Crippen LogP contribution is -1.96. The highest BCUT2D eigenvalue weighted by molar-refractivity contribution is 9.18. The Morgan fingerprint density at radius 2 is 2.40 bits per heavy atom. The Morgan fingerprint density at radius 1 is 1.70 bits per heavy atom. The van der Waals surface area contributed by atoms with Crippen LogP contribution in [-0.2, 0) is 0 Å². The second kappa shape index (κ2) is 2.65. The average molecular weight is 207 g/mol. The normalized spacial score (nSPS) is 11.9. The molecule has 7 heteroatoms. The van der Waals surface area contributed by atoms with Crippen molar-refractivity contribution in [1.29, 1.82) is 0 Å². The molecule has 1 rings (SSSR count). The summed E-state index contributed by atoms with van der Waals surface area (Å²) in [5, 5.41) is 17.6. The van der Waals surface area contributed by atoms with E-state index in [0.29, 0.717) is 0 Å². The van der Waals surface area contributed by atoms with Crippen molar-refractivity contribution in [3.05, 3.63) is 5.69 Å². The zero-order valence-corrected chi connectivity index (χ0v) is 6.24. The summed E-state index contributed by atoms with van der Waals surface area (Å²) in [4.78, 5) is 0. The molecule has 1 heterocycles. The van der Waals surface area contributed by atoms with Gasteiger partial charge in [-0.05, 0) is 26.2 Å². The van der Waals surface area contributed by atoms with Crippen LogP contribution in [0.4, 0.5) is 5.82 Å². The van der Waals surface area contributed by atoms with E-state index in [1.54, 1.807) is 0 Å². The van der Waals surface area contributed by atoms with E-state index in [9.17, 15) is 0 Å². The summed E-state index contributed by atoms with van der Waals surface area (Å²) in [6, 6.07) is 0. The van der Waals surface area contributed by atoms with Gasteiger partial charge in [-0.2, -0.15) is 0 Å². The third-order valence-corrected chi connectivity index (χ3v) is 1.33.